The second-order valence-corrected chi connectivity index (χ2v) is 2.37. The van der Waals surface area contributed by atoms with Gasteiger partial charge in [-0.2, -0.15) is 0 Å². The van der Waals surface area contributed by atoms with Crippen LogP contribution in [0.15, 0.2) is 24.3 Å². The number of alkyl halides is 1. The fraction of sp³-hybridized carbons (Fsp3) is 0.250. The Bertz CT molecular complexity index is 237. The van der Waals surface area contributed by atoms with Crippen molar-refractivity contribution in [3.8, 4) is 0 Å². The normalized spacial score (nSPS) is 12.9. The minimum Gasteiger partial charge on any atom is -0.399 e. The maximum Gasteiger partial charge on any atom is 0.137 e. The maximum absolute atomic E-state index is 12.9. The zero-order valence-corrected chi connectivity index (χ0v) is 6.13. The Morgan fingerprint density at radius 2 is 2.18 bits per heavy atom. The summed E-state index contributed by atoms with van der Waals surface area (Å²) in [4.78, 5) is 0. The predicted molar refractivity (Wildman–Crippen MR) is 43.8 cm³/mol. The quantitative estimate of drug-likeness (QED) is 0.629. The van der Waals surface area contributed by atoms with Crippen molar-refractivity contribution in [1.29, 1.82) is 0 Å². The van der Waals surface area contributed by atoms with E-state index in [0.717, 1.165) is 0 Å². The largest absolute Gasteiger partial charge is 0.399 e. The van der Waals surface area contributed by atoms with Crippen LogP contribution in [0.1, 0.15) is 11.7 Å². The Labute approximate surface area is 65.0 Å². The molecule has 0 amide bonds. The van der Waals surface area contributed by atoms with Crippen LogP contribution in [0.4, 0.5) is 10.1 Å². The Balaban J connectivity index is 2.86. The molecule has 0 fully saturated rings. The van der Waals surface area contributed by atoms with E-state index in [1.807, 2.05) is 0 Å². The van der Waals surface area contributed by atoms with Crippen LogP contribution in [-0.2, 0) is 0 Å². The number of benzene rings is 1. The fourth-order valence-electron chi connectivity index (χ4n) is 0.890. The van der Waals surface area contributed by atoms with Gasteiger partial charge in [0.15, 0.2) is 0 Å². The summed E-state index contributed by atoms with van der Waals surface area (Å²) in [6.07, 6.45) is -1.10. The van der Waals surface area contributed by atoms with E-state index in [0.29, 0.717) is 11.3 Å². The average Bonchev–Trinajstić information content (AvgIpc) is 2.03. The molecule has 0 saturated heterocycles. The molecule has 0 bridgehead atoms. The van der Waals surface area contributed by atoms with E-state index in [-0.39, 0.29) is 6.54 Å². The summed E-state index contributed by atoms with van der Waals surface area (Å²) in [7, 11) is 0. The topological polar surface area (TPSA) is 52.0 Å². The van der Waals surface area contributed by atoms with Crippen LogP contribution in [-0.4, -0.2) is 6.54 Å². The zero-order valence-electron chi connectivity index (χ0n) is 6.13. The Morgan fingerprint density at radius 3 is 2.73 bits per heavy atom. The molecular weight excluding hydrogens is 143 g/mol. The number of nitrogens with two attached hydrogens (primary N) is 2. The maximum atomic E-state index is 12.9. The molecule has 0 aliphatic carbocycles. The van der Waals surface area contributed by atoms with Crippen molar-refractivity contribution in [2.24, 2.45) is 5.73 Å². The van der Waals surface area contributed by atoms with Gasteiger partial charge in [0.05, 0.1) is 0 Å². The molecule has 0 aliphatic heterocycles. The summed E-state index contributed by atoms with van der Waals surface area (Å²) in [6, 6.07) is 6.70. The predicted octanol–water partition coefficient (Wildman–Crippen LogP) is 1.24. The minimum atomic E-state index is -1.10. The highest BCUT2D eigenvalue weighted by atomic mass is 19.1. The smallest absolute Gasteiger partial charge is 0.137 e. The molecule has 0 aliphatic rings. The number of hydrogen-bond donors (Lipinski definition) is 2. The van der Waals surface area contributed by atoms with Crippen molar-refractivity contribution in [3.05, 3.63) is 29.8 Å². The van der Waals surface area contributed by atoms with Crippen molar-refractivity contribution < 1.29 is 4.39 Å². The summed E-state index contributed by atoms with van der Waals surface area (Å²) in [5, 5.41) is 0. The first-order valence-corrected chi connectivity index (χ1v) is 3.43. The third kappa shape index (κ3) is 1.91. The van der Waals surface area contributed by atoms with E-state index < -0.39 is 6.17 Å². The second-order valence-electron chi connectivity index (χ2n) is 2.37. The van der Waals surface area contributed by atoms with Crippen LogP contribution >= 0.6 is 0 Å². The molecule has 1 aromatic carbocycles. The molecule has 4 N–H and O–H groups in total. The highest BCUT2D eigenvalue weighted by Gasteiger charge is 2.05. The molecule has 1 rings (SSSR count). The molecule has 60 valence electrons. The van der Waals surface area contributed by atoms with Crippen molar-refractivity contribution in [1.82, 2.24) is 0 Å². The van der Waals surface area contributed by atoms with Crippen LogP contribution in [0.2, 0.25) is 0 Å². The second kappa shape index (κ2) is 3.34. The van der Waals surface area contributed by atoms with Crippen molar-refractivity contribution in [2.45, 2.75) is 6.17 Å². The number of anilines is 1. The lowest BCUT2D eigenvalue weighted by Crippen LogP contribution is -2.07. The first kappa shape index (κ1) is 8.01. The van der Waals surface area contributed by atoms with Gasteiger partial charge in [-0.05, 0) is 17.7 Å². The molecule has 1 unspecified atom stereocenters. The molecule has 0 spiro atoms. The molecule has 0 heterocycles. The molecule has 0 radical (unpaired) electrons. The van der Waals surface area contributed by atoms with E-state index in [2.05, 4.69) is 0 Å². The van der Waals surface area contributed by atoms with Gasteiger partial charge >= 0.3 is 0 Å². The summed E-state index contributed by atoms with van der Waals surface area (Å²) in [5.74, 6) is 0. The third-order valence-electron chi connectivity index (χ3n) is 1.48. The standard InChI is InChI=1S/C8H11FN2/c9-8(5-10)6-2-1-3-7(11)4-6/h1-4,8H,5,10-11H2. The lowest BCUT2D eigenvalue weighted by molar-refractivity contribution is 0.353. The van der Waals surface area contributed by atoms with Gasteiger partial charge in [0.25, 0.3) is 0 Å². The van der Waals surface area contributed by atoms with Crippen LogP contribution in [0.25, 0.3) is 0 Å². The van der Waals surface area contributed by atoms with Gasteiger partial charge in [-0.1, -0.05) is 12.1 Å². The first-order chi connectivity index (χ1) is 5.24. The molecule has 3 heteroatoms. The molecule has 1 atom stereocenters. The Kier molecular flexibility index (Phi) is 2.44. The molecule has 1 aromatic rings. The number of halogens is 1. The van der Waals surface area contributed by atoms with Crippen LogP contribution in [0.5, 0.6) is 0 Å². The van der Waals surface area contributed by atoms with Gasteiger partial charge < -0.3 is 11.5 Å². The molecule has 0 saturated carbocycles. The van der Waals surface area contributed by atoms with Gasteiger partial charge in [0.2, 0.25) is 0 Å². The summed E-state index contributed by atoms with van der Waals surface area (Å²) >= 11 is 0. The van der Waals surface area contributed by atoms with Gasteiger partial charge in [0, 0.05) is 12.2 Å². The minimum absolute atomic E-state index is 0.00343. The van der Waals surface area contributed by atoms with E-state index in [4.69, 9.17) is 11.5 Å². The number of rotatable bonds is 2. The monoisotopic (exact) mass is 154 g/mol. The summed E-state index contributed by atoms with van der Waals surface area (Å²) < 4.78 is 12.9. The third-order valence-corrected chi connectivity index (χ3v) is 1.48. The highest BCUT2D eigenvalue weighted by molar-refractivity contribution is 5.41. The van der Waals surface area contributed by atoms with Crippen LogP contribution in [0.3, 0.4) is 0 Å². The van der Waals surface area contributed by atoms with E-state index in [9.17, 15) is 4.39 Å². The lowest BCUT2D eigenvalue weighted by atomic mass is 10.1. The van der Waals surface area contributed by atoms with E-state index in [1.54, 1.807) is 24.3 Å². The first-order valence-electron chi connectivity index (χ1n) is 3.43. The van der Waals surface area contributed by atoms with Crippen molar-refractivity contribution in [3.63, 3.8) is 0 Å². The Hall–Kier alpha value is -1.09. The number of nitrogen functional groups attached to an aromatic ring is 1. The molecule has 0 aromatic heterocycles. The van der Waals surface area contributed by atoms with Gasteiger partial charge in [0.1, 0.15) is 6.17 Å². The van der Waals surface area contributed by atoms with Crippen LogP contribution in [0, 0.1) is 0 Å². The Morgan fingerprint density at radius 1 is 1.45 bits per heavy atom. The summed E-state index contributed by atoms with van der Waals surface area (Å²) in [6.45, 7) is 0.00343. The fourth-order valence-corrected chi connectivity index (χ4v) is 0.890. The van der Waals surface area contributed by atoms with Gasteiger partial charge in [-0.25, -0.2) is 4.39 Å². The van der Waals surface area contributed by atoms with Crippen molar-refractivity contribution >= 4 is 5.69 Å². The summed E-state index contributed by atoms with van der Waals surface area (Å²) in [5.41, 5.74) is 11.7. The lowest BCUT2D eigenvalue weighted by Gasteiger charge is -2.04. The van der Waals surface area contributed by atoms with E-state index in [1.165, 1.54) is 0 Å². The van der Waals surface area contributed by atoms with Gasteiger partial charge in [-0.15, -0.1) is 0 Å². The molecule has 11 heavy (non-hydrogen) atoms. The average molecular weight is 154 g/mol. The highest BCUT2D eigenvalue weighted by Crippen LogP contribution is 2.17. The van der Waals surface area contributed by atoms with E-state index >= 15 is 0 Å². The SMILES string of the molecule is NCC(F)c1cccc(N)c1. The van der Waals surface area contributed by atoms with Crippen molar-refractivity contribution in [2.75, 3.05) is 12.3 Å². The van der Waals surface area contributed by atoms with Gasteiger partial charge in [-0.3, -0.25) is 0 Å². The van der Waals surface area contributed by atoms with Crippen LogP contribution < -0.4 is 11.5 Å². The zero-order chi connectivity index (χ0) is 8.27. The number of hydrogen-bond acceptors (Lipinski definition) is 2. The molecular formula is C8H11FN2. The molecule has 2 nitrogen and oxygen atoms in total.